The van der Waals surface area contributed by atoms with Gasteiger partial charge in [0.15, 0.2) is 0 Å². The van der Waals surface area contributed by atoms with Crippen molar-refractivity contribution in [1.82, 2.24) is 0 Å². The van der Waals surface area contributed by atoms with Crippen LogP contribution in [0.1, 0.15) is 6.42 Å². The molecule has 0 aliphatic carbocycles. The molecule has 13 heavy (non-hydrogen) atoms. The fourth-order valence-electron chi connectivity index (χ4n) is 2.11. The molecule has 0 spiro atoms. The smallest absolute Gasteiger partial charge is 0.145 e. The quantitative estimate of drug-likeness (QED) is 0.504. The second-order valence-corrected chi connectivity index (χ2v) is 6.77. The molecule has 0 saturated carbocycles. The first-order valence-corrected chi connectivity index (χ1v) is 6.57. The number of ether oxygens (including phenoxy) is 1. The zero-order valence-electron chi connectivity index (χ0n) is 7.22. The van der Waals surface area contributed by atoms with Crippen LogP contribution in [0.15, 0.2) is 30.3 Å². The lowest BCUT2D eigenvalue weighted by molar-refractivity contribution is 0.380. The monoisotopic (exact) mass is 194 g/mol. The maximum Gasteiger partial charge on any atom is 0.145 e. The molecule has 3 rings (SSSR count). The highest BCUT2D eigenvalue weighted by Gasteiger charge is 2.58. The van der Waals surface area contributed by atoms with Gasteiger partial charge in [0, 0.05) is 11.5 Å². The Kier molecular flexibility index (Phi) is 1.47. The average Bonchev–Trinajstić information content (AvgIpc) is 2.90. The van der Waals surface area contributed by atoms with Crippen molar-refractivity contribution in [2.45, 2.75) is 18.4 Å². The van der Waals surface area contributed by atoms with Gasteiger partial charge in [-0.25, -0.2) is 0 Å². The van der Waals surface area contributed by atoms with E-state index in [9.17, 15) is 4.57 Å². The fraction of sp³-hybridized carbons (Fsp3) is 0.400. The number of benzene rings is 1. The van der Waals surface area contributed by atoms with E-state index in [2.05, 4.69) is 0 Å². The van der Waals surface area contributed by atoms with Gasteiger partial charge in [0.05, 0.1) is 6.10 Å². The van der Waals surface area contributed by atoms with Crippen LogP contribution in [0, 0.1) is 0 Å². The lowest BCUT2D eigenvalue weighted by Gasteiger charge is -2.11. The van der Waals surface area contributed by atoms with E-state index in [1.807, 2.05) is 30.3 Å². The Morgan fingerprint density at radius 3 is 2.62 bits per heavy atom. The molecule has 2 aliphatic rings. The zero-order valence-corrected chi connectivity index (χ0v) is 8.11. The van der Waals surface area contributed by atoms with Crippen molar-refractivity contribution < 1.29 is 9.30 Å². The number of epoxide rings is 1. The van der Waals surface area contributed by atoms with E-state index in [1.165, 1.54) is 0 Å². The summed E-state index contributed by atoms with van der Waals surface area (Å²) < 4.78 is 17.8. The highest BCUT2D eigenvalue weighted by atomic mass is 31.2. The fourth-order valence-corrected chi connectivity index (χ4v) is 5.27. The number of rotatable bonds is 1. The van der Waals surface area contributed by atoms with Crippen LogP contribution in [0.3, 0.4) is 0 Å². The molecule has 2 saturated heterocycles. The van der Waals surface area contributed by atoms with E-state index >= 15 is 0 Å². The van der Waals surface area contributed by atoms with Crippen LogP contribution in [0.5, 0.6) is 0 Å². The normalized spacial score (nSPS) is 41.5. The van der Waals surface area contributed by atoms with Crippen LogP contribution in [0.2, 0.25) is 0 Å². The lowest BCUT2D eigenvalue weighted by atomic mass is 10.4. The maximum absolute atomic E-state index is 12.5. The van der Waals surface area contributed by atoms with Gasteiger partial charge in [-0.05, 0) is 6.42 Å². The van der Waals surface area contributed by atoms with E-state index in [4.69, 9.17) is 4.74 Å². The Morgan fingerprint density at radius 1 is 1.31 bits per heavy atom. The molecule has 2 heterocycles. The molecule has 1 aromatic rings. The molecule has 0 aromatic heterocycles. The van der Waals surface area contributed by atoms with Gasteiger partial charge in [-0.2, -0.15) is 0 Å². The van der Waals surface area contributed by atoms with Gasteiger partial charge in [0.1, 0.15) is 13.0 Å². The SMILES string of the molecule is O=[P@@]1(c2ccccc2)CC[C@@H]2O[C@@H]21. The minimum Gasteiger partial charge on any atom is -0.361 e. The summed E-state index contributed by atoms with van der Waals surface area (Å²) >= 11 is 0. The van der Waals surface area contributed by atoms with Gasteiger partial charge in [-0.1, -0.05) is 30.3 Å². The summed E-state index contributed by atoms with van der Waals surface area (Å²) in [6, 6.07) is 9.78. The van der Waals surface area contributed by atoms with Crippen LogP contribution in [0.25, 0.3) is 0 Å². The van der Waals surface area contributed by atoms with Crippen molar-refractivity contribution in [2.24, 2.45) is 0 Å². The van der Waals surface area contributed by atoms with Crippen LogP contribution in [-0.2, 0) is 9.30 Å². The van der Waals surface area contributed by atoms with Crippen molar-refractivity contribution in [3.63, 3.8) is 0 Å². The molecule has 3 heteroatoms. The summed E-state index contributed by atoms with van der Waals surface area (Å²) in [6.45, 7) is 0. The Hall–Kier alpha value is -0.590. The predicted molar refractivity (Wildman–Crippen MR) is 51.8 cm³/mol. The summed E-state index contributed by atoms with van der Waals surface area (Å²) in [5.74, 6) is 0.0647. The molecule has 0 N–H and O–H groups in total. The first-order chi connectivity index (χ1) is 6.31. The molecule has 68 valence electrons. The molecule has 0 radical (unpaired) electrons. The topological polar surface area (TPSA) is 29.6 Å². The molecular weight excluding hydrogens is 183 g/mol. The lowest BCUT2D eigenvalue weighted by Crippen LogP contribution is -2.07. The van der Waals surface area contributed by atoms with Crippen LogP contribution in [0.4, 0.5) is 0 Å². The molecule has 3 atom stereocenters. The highest BCUT2D eigenvalue weighted by Crippen LogP contribution is 2.65. The van der Waals surface area contributed by atoms with Gasteiger partial charge in [0.2, 0.25) is 0 Å². The van der Waals surface area contributed by atoms with Crippen LogP contribution < -0.4 is 5.30 Å². The van der Waals surface area contributed by atoms with Gasteiger partial charge in [0.25, 0.3) is 0 Å². The van der Waals surface area contributed by atoms with Gasteiger partial charge >= 0.3 is 0 Å². The summed E-state index contributed by atoms with van der Waals surface area (Å²) in [5.41, 5.74) is 0. The largest absolute Gasteiger partial charge is 0.361 e. The zero-order chi connectivity index (χ0) is 8.89. The van der Waals surface area contributed by atoms with Crippen LogP contribution in [-0.4, -0.2) is 18.1 Å². The molecule has 0 unspecified atom stereocenters. The van der Waals surface area contributed by atoms with E-state index < -0.39 is 7.14 Å². The molecule has 2 nitrogen and oxygen atoms in total. The first kappa shape index (κ1) is 7.78. The predicted octanol–water partition coefficient (Wildman–Crippen LogP) is 1.80. The van der Waals surface area contributed by atoms with Crippen molar-refractivity contribution in [1.29, 1.82) is 0 Å². The summed E-state index contributed by atoms with van der Waals surface area (Å²) in [7, 11) is -2.16. The Labute approximate surface area is 77.3 Å². The van der Waals surface area contributed by atoms with Crippen molar-refractivity contribution in [3.8, 4) is 0 Å². The second-order valence-electron chi connectivity index (χ2n) is 3.71. The minimum atomic E-state index is -2.16. The van der Waals surface area contributed by atoms with E-state index in [1.54, 1.807) is 0 Å². The second kappa shape index (κ2) is 2.46. The first-order valence-electron chi connectivity index (χ1n) is 4.60. The van der Waals surface area contributed by atoms with Crippen molar-refractivity contribution in [2.75, 3.05) is 6.16 Å². The third-order valence-corrected chi connectivity index (χ3v) is 6.28. The number of fused-ring (bicyclic) bond motifs is 1. The molecule has 0 amide bonds. The van der Waals surface area contributed by atoms with Crippen molar-refractivity contribution >= 4 is 12.4 Å². The Bertz CT molecular complexity index is 374. The summed E-state index contributed by atoms with van der Waals surface area (Å²) in [6.07, 6.45) is 2.13. The molecule has 2 fully saturated rings. The van der Waals surface area contributed by atoms with E-state index in [0.29, 0.717) is 6.10 Å². The maximum atomic E-state index is 12.5. The van der Waals surface area contributed by atoms with Gasteiger partial charge < -0.3 is 9.30 Å². The molecule has 0 bridgehead atoms. The van der Waals surface area contributed by atoms with Gasteiger partial charge in [-0.15, -0.1) is 0 Å². The van der Waals surface area contributed by atoms with E-state index in [0.717, 1.165) is 17.9 Å². The average molecular weight is 194 g/mol. The summed E-state index contributed by atoms with van der Waals surface area (Å²) in [5, 5.41) is 1.00. The van der Waals surface area contributed by atoms with Crippen molar-refractivity contribution in [3.05, 3.63) is 30.3 Å². The molecular formula is C10H11O2P. The number of hydrogen-bond acceptors (Lipinski definition) is 2. The third kappa shape index (κ3) is 1.02. The van der Waals surface area contributed by atoms with Crippen LogP contribution >= 0.6 is 7.14 Å². The molecule has 1 aromatic carbocycles. The third-order valence-electron chi connectivity index (χ3n) is 2.91. The van der Waals surface area contributed by atoms with Gasteiger partial charge in [-0.3, -0.25) is 0 Å². The standard InChI is InChI=1S/C10H11O2P/c11-13(7-6-9-10(13)12-9)8-4-2-1-3-5-8/h1-5,9-10H,6-7H2/t9-,10+,13+/m0/s1. The van der Waals surface area contributed by atoms with E-state index in [-0.39, 0.29) is 5.85 Å². The Morgan fingerprint density at radius 2 is 2.08 bits per heavy atom. The molecule has 2 aliphatic heterocycles. The highest BCUT2D eigenvalue weighted by molar-refractivity contribution is 7.72. The number of hydrogen-bond donors (Lipinski definition) is 0. The Balaban J connectivity index is 2.05. The summed E-state index contributed by atoms with van der Waals surface area (Å²) in [4.78, 5) is 0. The minimum absolute atomic E-state index is 0.0647.